The van der Waals surface area contributed by atoms with Crippen molar-refractivity contribution in [3.05, 3.63) is 153 Å². The normalized spacial score (nSPS) is 15.1. The van der Waals surface area contributed by atoms with Crippen molar-refractivity contribution in [1.29, 1.82) is 0 Å². The molecule has 242 valence electrons. The third-order valence-corrected chi connectivity index (χ3v) is 10.4. The summed E-state index contributed by atoms with van der Waals surface area (Å²) in [7, 11) is 0. The molecule has 1 heteroatoms. The van der Waals surface area contributed by atoms with Gasteiger partial charge in [0.25, 0.3) is 0 Å². The second-order valence-electron chi connectivity index (χ2n) is 16.4. The Balaban J connectivity index is 0.000000170. The van der Waals surface area contributed by atoms with E-state index in [1.165, 1.54) is 88.6 Å². The molecule has 0 saturated carbocycles. The van der Waals surface area contributed by atoms with Gasteiger partial charge >= 0.3 is 112 Å². The first kappa shape index (κ1) is 36.9. The summed E-state index contributed by atoms with van der Waals surface area (Å²) in [6, 6.07) is 32.7. The monoisotopic (exact) mass is 696 g/mol. The van der Waals surface area contributed by atoms with Crippen LogP contribution in [-0.2, 0) is 41.5 Å². The topological polar surface area (TPSA) is 0 Å². The van der Waals surface area contributed by atoms with Crippen molar-refractivity contribution in [2.75, 3.05) is 0 Å². The molecular weight excluding hydrogens is 644 g/mol. The summed E-state index contributed by atoms with van der Waals surface area (Å²) < 4.78 is 1.42. The molecule has 2 aliphatic carbocycles. The first-order valence-electron chi connectivity index (χ1n) is 17.1. The van der Waals surface area contributed by atoms with Crippen molar-refractivity contribution >= 4 is 3.21 Å². The molecule has 1 atom stereocenters. The van der Waals surface area contributed by atoms with Crippen LogP contribution >= 0.6 is 0 Å². The predicted molar refractivity (Wildman–Crippen MR) is 201 cm³/mol. The fourth-order valence-electron chi connectivity index (χ4n) is 5.69. The van der Waals surface area contributed by atoms with Crippen LogP contribution < -0.4 is 0 Å². The van der Waals surface area contributed by atoms with E-state index >= 15 is 0 Å². The Morgan fingerprint density at radius 3 is 1.62 bits per heavy atom. The van der Waals surface area contributed by atoms with E-state index < -0.39 is 0 Å². The molecule has 1 unspecified atom stereocenters. The van der Waals surface area contributed by atoms with Crippen LogP contribution in [0.1, 0.15) is 114 Å². The molecule has 0 aromatic heterocycles. The van der Waals surface area contributed by atoms with Crippen LogP contribution in [0, 0.1) is 37.3 Å². The molecule has 6 rings (SSSR count). The van der Waals surface area contributed by atoms with Gasteiger partial charge in [0, 0.05) is 0 Å². The van der Waals surface area contributed by atoms with E-state index in [9.17, 15) is 0 Å². The summed E-state index contributed by atoms with van der Waals surface area (Å²) in [4.78, 5) is 0. The van der Waals surface area contributed by atoms with Gasteiger partial charge < -0.3 is 0 Å². The van der Waals surface area contributed by atoms with Crippen molar-refractivity contribution in [3.63, 3.8) is 0 Å². The molecular formula is C46H54Zr. The Hall–Kier alpha value is -2.89. The molecule has 0 heterocycles. The van der Waals surface area contributed by atoms with Gasteiger partial charge in [-0.2, -0.15) is 35.4 Å². The van der Waals surface area contributed by atoms with Gasteiger partial charge in [-0.3, -0.25) is 6.08 Å². The Morgan fingerprint density at radius 2 is 1.19 bits per heavy atom. The van der Waals surface area contributed by atoms with E-state index in [-0.39, 0.29) is 10.8 Å². The molecule has 0 spiro atoms. The van der Waals surface area contributed by atoms with Gasteiger partial charge in [-0.1, -0.05) is 104 Å². The summed E-state index contributed by atoms with van der Waals surface area (Å²) in [6.45, 7) is 26.7. The summed E-state index contributed by atoms with van der Waals surface area (Å²) in [5.74, 6) is 0.522. The van der Waals surface area contributed by atoms with Crippen molar-refractivity contribution in [2.45, 2.75) is 100 Å². The second-order valence-corrected chi connectivity index (χ2v) is 17.6. The first-order valence-corrected chi connectivity index (χ1v) is 18.3. The van der Waals surface area contributed by atoms with Crippen molar-refractivity contribution in [3.8, 4) is 11.1 Å². The Labute approximate surface area is 301 Å². The maximum absolute atomic E-state index is 3.67. The van der Waals surface area contributed by atoms with E-state index in [1.807, 2.05) is 0 Å². The average Bonchev–Trinajstić information content (AvgIpc) is 3.60. The number of benzene rings is 4. The summed E-state index contributed by atoms with van der Waals surface area (Å²) >= 11 is 1.46. The number of hydrogen-bond donors (Lipinski definition) is 0. The van der Waals surface area contributed by atoms with Gasteiger partial charge in [-0.05, 0) is 28.4 Å². The zero-order chi connectivity index (χ0) is 34.7. The molecule has 4 aromatic rings. The van der Waals surface area contributed by atoms with Crippen LogP contribution in [0.5, 0.6) is 0 Å². The van der Waals surface area contributed by atoms with E-state index in [2.05, 4.69) is 186 Å². The van der Waals surface area contributed by atoms with Crippen LogP contribution in [0.2, 0.25) is 0 Å². The quantitative estimate of drug-likeness (QED) is 0.161. The third kappa shape index (κ3) is 9.83. The van der Waals surface area contributed by atoms with E-state index in [1.54, 1.807) is 0 Å². The molecule has 4 aromatic carbocycles. The van der Waals surface area contributed by atoms with Crippen LogP contribution in [0.4, 0.5) is 0 Å². The van der Waals surface area contributed by atoms with Gasteiger partial charge in [0.2, 0.25) is 0 Å². The van der Waals surface area contributed by atoms with Crippen molar-refractivity contribution in [2.24, 2.45) is 11.3 Å². The van der Waals surface area contributed by atoms with Gasteiger partial charge in [-0.15, -0.1) is 11.1 Å². The number of aryl methyl sites for hydroxylation is 2. The minimum absolute atomic E-state index is 0.167. The standard InChI is InChI=1S/C21H25.C15H14.C10H15.Zr/c1-20(2,3)16-7-9-18-14(12-16)11-15-13-17(21(4,5)6)8-10-19(15)18;1-12-3-7-14(8-4-12)11-15-9-5-13(2)6-10-15;1-8-5-6-9(7-8)10(2,3)4;/h7-10,12H,11H2,1-6H3;3-10H,1-2H3;6-8H,1-4H3;/q-1;;-1;+2. The fraction of sp³-hybridized carbons (Fsp3) is 0.370. The minimum atomic E-state index is 0.167. The molecule has 2 aliphatic rings. The molecule has 47 heavy (non-hydrogen) atoms. The Morgan fingerprint density at radius 1 is 0.660 bits per heavy atom. The second kappa shape index (κ2) is 14.7. The number of hydrogen-bond acceptors (Lipinski definition) is 0. The van der Waals surface area contributed by atoms with Crippen LogP contribution in [0.25, 0.3) is 11.1 Å². The first-order chi connectivity index (χ1) is 21.8. The SMILES string of the molecule is CC(C)(C)c1[c-]c2c(cc1)-c1ccc(C(C)(C)C)cc1C2.CC1[C-]=CC(C(C)(C)C)=C1.Cc1ccc([C](=[Zr+2])c2ccc(C)cc2)cc1. The predicted octanol–water partition coefficient (Wildman–Crippen LogP) is 12.0. The van der Waals surface area contributed by atoms with Gasteiger partial charge in [-0.25, -0.2) is 6.08 Å². The Kier molecular flexibility index (Phi) is 11.6. The Bertz CT molecular complexity index is 1650. The third-order valence-electron chi connectivity index (χ3n) is 8.94. The van der Waals surface area contributed by atoms with Gasteiger partial charge in [0.05, 0.1) is 0 Å². The van der Waals surface area contributed by atoms with Crippen molar-refractivity contribution < 1.29 is 24.2 Å². The number of rotatable bonds is 2. The molecule has 0 nitrogen and oxygen atoms in total. The zero-order valence-corrected chi connectivity index (χ0v) is 33.4. The molecule has 0 saturated heterocycles. The summed E-state index contributed by atoms with van der Waals surface area (Å²) in [5.41, 5.74) is 15.7. The molecule has 0 N–H and O–H groups in total. The molecule has 0 radical (unpaired) electrons. The molecule has 0 bridgehead atoms. The molecule has 0 aliphatic heterocycles. The average molecular weight is 698 g/mol. The van der Waals surface area contributed by atoms with Crippen LogP contribution in [0.3, 0.4) is 0 Å². The van der Waals surface area contributed by atoms with Crippen LogP contribution in [0.15, 0.2) is 96.6 Å². The van der Waals surface area contributed by atoms with Crippen LogP contribution in [-0.4, -0.2) is 3.21 Å². The summed E-state index contributed by atoms with van der Waals surface area (Å²) in [6.07, 6.45) is 8.68. The van der Waals surface area contributed by atoms with E-state index in [0.29, 0.717) is 11.3 Å². The number of allylic oxidation sites excluding steroid dienone is 4. The van der Waals surface area contributed by atoms with Crippen molar-refractivity contribution in [1.82, 2.24) is 0 Å². The maximum atomic E-state index is 3.67. The van der Waals surface area contributed by atoms with Gasteiger partial charge in [0.1, 0.15) is 0 Å². The van der Waals surface area contributed by atoms with E-state index in [0.717, 1.165) is 6.42 Å². The fourth-order valence-corrected chi connectivity index (χ4v) is 6.51. The van der Waals surface area contributed by atoms with E-state index in [4.69, 9.17) is 0 Å². The number of fused-ring (bicyclic) bond motifs is 3. The molecule has 0 amide bonds. The zero-order valence-electron chi connectivity index (χ0n) is 30.9. The van der Waals surface area contributed by atoms with Gasteiger partial charge in [0.15, 0.2) is 0 Å². The molecule has 0 fully saturated rings. The summed E-state index contributed by atoms with van der Waals surface area (Å²) in [5, 5.41) is 0.